The van der Waals surface area contributed by atoms with Crippen molar-refractivity contribution >= 4 is 11.8 Å². The summed E-state index contributed by atoms with van der Waals surface area (Å²) >= 11 is 1.40. The Morgan fingerprint density at radius 1 is 0.966 bits per heavy atom. The van der Waals surface area contributed by atoms with Crippen LogP contribution in [0, 0.1) is 5.82 Å². The molecule has 0 fully saturated rings. The molecule has 9 heteroatoms. The summed E-state index contributed by atoms with van der Waals surface area (Å²) in [5.74, 6) is 2.40. The van der Waals surface area contributed by atoms with E-state index in [4.69, 9.17) is 14.0 Å². The molecule has 2 aromatic heterocycles. The molecule has 0 radical (unpaired) electrons. The maximum Gasteiger partial charge on any atom is 0.237 e. The number of ether oxygens (including phenoxy) is 2. The molecular weight excluding hydrogens is 395 g/mol. The average molecular weight is 408 g/mol. The first kappa shape index (κ1) is 17.6. The first-order valence-electron chi connectivity index (χ1n) is 8.70. The highest BCUT2D eigenvalue weighted by Gasteiger charge is 2.17. The predicted molar refractivity (Wildman–Crippen MR) is 103 cm³/mol. The van der Waals surface area contributed by atoms with Gasteiger partial charge in [0.05, 0.1) is 11.4 Å². The van der Waals surface area contributed by atoms with E-state index in [9.17, 15) is 4.39 Å². The van der Waals surface area contributed by atoms with Crippen LogP contribution in [0.3, 0.4) is 0 Å². The van der Waals surface area contributed by atoms with Crippen molar-refractivity contribution in [3.63, 3.8) is 0 Å². The number of rotatable bonds is 5. The van der Waals surface area contributed by atoms with E-state index in [1.54, 1.807) is 30.3 Å². The lowest BCUT2D eigenvalue weighted by Crippen LogP contribution is -1.92. The molecule has 144 valence electrons. The fourth-order valence-corrected chi connectivity index (χ4v) is 3.46. The molecule has 0 unspecified atom stereocenters. The van der Waals surface area contributed by atoms with Gasteiger partial charge in [0.1, 0.15) is 10.8 Å². The van der Waals surface area contributed by atoms with Gasteiger partial charge in [0, 0.05) is 11.1 Å². The van der Waals surface area contributed by atoms with Crippen LogP contribution in [0.1, 0.15) is 5.89 Å². The quantitative estimate of drug-likeness (QED) is 0.451. The van der Waals surface area contributed by atoms with Crippen LogP contribution in [0.5, 0.6) is 11.5 Å². The summed E-state index contributed by atoms with van der Waals surface area (Å²) < 4.78 is 29.8. The number of benzene rings is 2. The third-order valence-corrected chi connectivity index (χ3v) is 5.14. The molecule has 0 bridgehead atoms. The summed E-state index contributed by atoms with van der Waals surface area (Å²) in [4.78, 5) is 4.41. The van der Waals surface area contributed by atoms with Crippen LogP contribution in [-0.4, -0.2) is 27.1 Å². The monoisotopic (exact) mass is 408 g/mol. The Kier molecular flexibility index (Phi) is 4.57. The van der Waals surface area contributed by atoms with Gasteiger partial charge in [0.15, 0.2) is 11.5 Å². The highest BCUT2D eigenvalue weighted by atomic mass is 32.2. The fraction of sp³-hybridized carbons (Fsp3) is 0.100. The standard InChI is InChI=1S/C20H13FN4O3S/c21-14-4-2-1-3-13(14)15-6-8-19(24-23-15)29-10-18-22-20(25-28-18)12-5-7-16-17(9-12)27-11-26-16/h1-9H,10-11H2. The number of aromatic nitrogens is 4. The van der Waals surface area contributed by atoms with Gasteiger partial charge in [0.2, 0.25) is 18.5 Å². The predicted octanol–water partition coefficient (Wildman–Crippen LogP) is 4.35. The molecular formula is C20H13FN4O3S. The number of nitrogens with zero attached hydrogens (tertiary/aromatic N) is 4. The van der Waals surface area contributed by atoms with Gasteiger partial charge in [-0.2, -0.15) is 4.98 Å². The Balaban J connectivity index is 1.26. The highest BCUT2D eigenvalue weighted by molar-refractivity contribution is 7.98. The van der Waals surface area contributed by atoms with Crippen molar-refractivity contribution in [3.05, 3.63) is 66.3 Å². The van der Waals surface area contributed by atoms with E-state index in [-0.39, 0.29) is 12.6 Å². The smallest absolute Gasteiger partial charge is 0.237 e. The van der Waals surface area contributed by atoms with Crippen molar-refractivity contribution in [3.8, 4) is 34.1 Å². The summed E-state index contributed by atoms with van der Waals surface area (Å²) in [6, 6.07) is 15.5. The lowest BCUT2D eigenvalue weighted by molar-refractivity contribution is 0.174. The zero-order valence-electron chi connectivity index (χ0n) is 14.9. The van der Waals surface area contributed by atoms with E-state index in [1.165, 1.54) is 17.8 Å². The molecule has 3 heterocycles. The third-order valence-electron chi connectivity index (χ3n) is 4.23. The topological polar surface area (TPSA) is 83.2 Å². The van der Waals surface area contributed by atoms with Crippen molar-refractivity contribution < 1.29 is 18.4 Å². The molecule has 0 aliphatic carbocycles. The minimum absolute atomic E-state index is 0.212. The summed E-state index contributed by atoms with van der Waals surface area (Å²) in [7, 11) is 0. The Bertz CT molecular complexity index is 1170. The first-order chi connectivity index (χ1) is 14.3. The fourth-order valence-electron chi connectivity index (χ4n) is 2.81. The zero-order valence-corrected chi connectivity index (χ0v) is 15.7. The Morgan fingerprint density at radius 3 is 2.72 bits per heavy atom. The molecule has 2 aromatic carbocycles. The van der Waals surface area contributed by atoms with E-state index >= 15 is 0 Å². The van der Waals surface area contributed by atoms with Gasteiger partial charge in [-0.1, -0.05) is 29.1 Å². The van der Waals surface area contributed by atoms with Gasteiger partial charge in [-0.05, 0) is 42.5 Å². The van der Waals surface area contributed by atoms with Crippen LogP contribution in [0.25, 0.3) is 22.6 Å². The number of hydrogen-bond acceptors (Lipinski definition) is 8. The molecule has 0 saturated carbocycles. The van der Waals surface area contributed by atoms with Gasteiger partial charge in [0.25, 0.3) is 0 Å². The summed E-state index contributed by atoms with van der Waals surface area (Å²) in [5, 5.41) is 12.9. The SMILES string of the molecule is Fc1ccccc1-c1ccc(SCc2nc(-c3ccc4c(c3)OCO4)no2)nn1. The lowest BCUT2D eigenvalue weighted by atomic mass is 10.1. The number of thioether (sulfide) groups is 1. The normalized spacial score (nSPS) is 12.3. The minimum Gasteiger partial charge on any atom is -0.454 e. The number of fused-ring (bicyclic) bond motifs is 1. The van der Waals surface area contributed by atoms with Crippen LogP contribution < -0.4 is 9.47 Å². The van der Waals surface area contributed by atoms with Crippen LogP contribution in [0.4, 0.5) is 4.39 Å². The molecule has 0 spiro atoms. The van der Waals surface area contributed by atoms with Gasteiger partial charge >= 0.3 is 0 Å². The van der Waals surface area contributed by atoms with E-state index < -0.39 is 0 Å². The summed E-state index contributed by atoms with van der Waals surface area (Å²) in [6.07, 6.45) is 0. The second-order valence-electron chi connectivity index (χ2n) is 6.11. The van der Waals surface area contributed by atoms with E-state index in [1.807, 2.05) is 18.2 Å². The molecule has 5 rings (SSSR count). The molecule has 4 aromatic rings. The molecule has 0 saturated heterocycles. The summed E-state index contributed by atoms with van der Waals surface area (Å²) in [5.41, 5.74) is 1.68. The molecule has 29 heavy (non-hydrogen) atoms. The molecule has 0 amide bonds. The van der Waals surface area contributed by atoms with Gasteiger partial charge < -0.3 is 14.0 Å². The minimum atomic E-state index is -0.330. The van der Waals surface area contributed by atoms with Crippen molar-refractivity contribution in [1.29, 1.82) is 0 Å². The van der Waals surface area contributed by atoms with Crippen LogP contribution >= 0.6 is 11.8 Å². The number of halogens is 1. The van der Waals surface area contributed by atoms with E-state index in [0.717, 1.165) is 5.56 Å². The molecule has 7 nitrogen and oxygen atoms in total. The summed E-state index contributed by atoms with van der Waals surface area (Å²) in [6.45, 7) is 0.212. The van der Waals surface area contributed by atoms with Crippen molar-refractivity contribution in [2.24, 2.45) is 0 Å². The third kappa shape index (κ3) is 3.64. The molecule has 0 atom stereocenters. The number of hydrogen-bond donors (Lipinski definition) is 0. The van der Waals surface area contributed by atoms with Gasteiger partial charge in [-0.25, -0.2) is 4.39 Å². The Morgan fingerprint density at radius 2 is 1.86 bits per heavy atom. The second-order valence-corrected chi connectivity index (χ2v) is 7.10. The first-order valence-corrected chi connectivity index (χ1v) is 9.69. The molecule has 1 aliphatic rings. The Hall–Kier alpha value is -3.46. The molecule has 1 aliphatic heterocycles. The van der Waals surface area contributed by atoms with Crippen LogP contribution in [-0.2, 0) is 5.75 Å². The maximum absolute atomic E-state index is 13.8. The lowest BCUT2D eigenvalue weighted by Gasteiger charge is -2.02. The van der Waals surface area contributed by atoms with E-state index in [0.29, 0.717) is 45.3 Å². The Labute approximate surface area is 168 Å². The second kappa shape index (κ2) is 7.51. The largest absolute Gasteiger partial charge is 0.454 e. The zero-order chi connectivity index (χ0) is 19.6. The van der Waals surface area contributed by atoms with Crippen LogP contribution in [0.2, 0.25) is 0 Å². The maximum atomic E-state index is 13.8. The van der Waals surface area contributed by atoms with E-state index in [2.05, 4.69) is 20.3 Å². The average Bonchev–Trinajstić information content (AvgIpc) is 3.42. The van der Waals surface area contributed by atoms with Crippen molar-refractivity contribution in [1.82, 2.24) is 20.3 Å². The van der Waals surface area contributed by atoms with Crippen LogP contribution in [0.15, 0.2) is 64.1 Å². The highest BCUT2D eigenvalue weighted by Crippen LogP contribution is 2.35. The van der Waals surface area contributed by atoms with Crippen molar-refractivity contribution in [2.75, 3.05) is 6.79 Å². The van der Waals surface area contributed by atoms with Gasteiger partial charge in [-0.15, -0.1) is 10.2 Å². The van der Waals surface area contributed by atoms with Gasteiger partial charge in [-0.3, -0.25) is 0 Å². The molecule has 0 N–H and O–H groups in total. The van der Waals surface area contributed by atoms with Crippen molar-refractivity contribution in [2.45, 2.75) is 10.8 Å².